The second kappa shape index (κ2) is 9.74. The maximum absolute atomic E-state index is 12.9. The van der Waals surface area contributed by atoms with E-state index in [2.05, 4.69) is 19.2 Å². The van der Waals surface area contributed by atoms with E-state index in [4.69, 9.17) is 4.74 Å². The Hall–Kier alpha value is -2.08. The van der Waals surface area contributed by atoms with Gasteiger partial charge in [0.15, 0.2) is 0 Å². The van der Waals surface area contributed by atoms with Gasteiger partial charge in [-0.1, -0.05) is 20.8 Å². The average Bonchev–Trinajstić information content (AvgIpc) is 2.64. The highest BCUT2D eigenvalue weighted by Gasteiger charge is 2.31. The van der Waals surface area contributed by atoms with Crippen molar-refractivity contribution in [3.05, 3.63) is 24.3 Å². The molecule has 1 aromatic carbocycles. The Labute approximate surface area is 162 Å². The Balaban J connectivity index is 1.93. The van der Waals surface area contributed by atoms with Crippen molar-refractivity contribution in [2.45, 2.75) is 40.2 Å². The molecular formula is C21H33N3O3. The molecule has 3 atom stereocenters. The summed E-state index contributed by atoms with van der Waals surface area (Å²) in [5, 5.41) is 2.88. The predicted octanol–water partition coefficient (Wildman–Crippen LogP) is 2.85. The summed E-state index contributed by atoms with van der Waals surface area (Å²) in [5.41, 5.74) is 0.717. The van der Waals surface area contributed by atoms with Gasteiger partial charge in [0, 0.05) is 18.8 Å². The summed E-state index contributed by atoms with van der Waals surface area (Å²) in [6.07, 6.45) is 1.17. The molecule has 6 nitrogen and oxygen atoms in total. The number of carbonyl (C=O) groups excluding carboxylic acids is 2. The topological polar surface area (TPSA) is 61.9 Å². The number of benzene rings is 1. The van der Waals surface area contributed by atoms with E-state index in [-0.39, 0.29) is 24.4 Å². The zero-order valence-corrected chi connectivity index (χ0v) is 17.2. The number of nitrogens with one attached hydrogen (secondary N) is 1. The van der Waals surface area contributed by atoms with Crippen molar-refractivity contribution in [3.8, 4) is 5.75 Å². The second-order valence-electron chi connectivity index (χ2n) is 7.71. The average molecular weight is 376 g/mol. The Morgan fingerprint density at radius 3 is 2.33 bits per heavy atom. The van der Waals surface area contributed by atoms with Crippen molar-refractivity contribution in [1.82, 2.24) is 9.80 Å². The molecular weight excluding hydrogens is 342 g/mol. The molecule has 1 aromatic rings. The number of piperidine rings is 1. The molecule has 6 heteroatoms. The first-order valence-electron chi connectivity index (χ1n) is 9.80. The van der Waals surface area contributed by atoms with Crippen LogP contribution in [0.5, 0.6) is 5.75 Å². The third kappa shape index (κ3) is 5.96. The molecule has 150 valence electrons. The van der Waals surface area contributed by atoms with Gasteiger partial charge < -0.3 is 15.0 Å². The fraction of sp³-hybridized carbons (Fsp3) is 0.619. The number of amides is 2. The molecule has 0 bridgehead atoms. The lowest BCUT2D eigenvalue weighted by atomic mass is 9.91. The highest BCUT2D eigenvalue weighted by Crippen LogP contribution is 2.22. The number of rotatable bonds is 7. The molecule has 0 saturated carbocycles. The number of ether oxygens (including phenoxy) is 1. The SMILES string of the molecule is CCN(CC(=O)Nc1ccc(OC)cc1)[C@H](C)C(=O)N1C[C@H](C)C[C@H](C)C1. The number of carbonyl (C=O) groups is 2. The van der Waals surface area contributed by atoms with E-state index >= 15 is 0 Å². The van der Waals surface area contributed by atoms with Crippen LogP contribution in [0, 0.1) is 11.8 Å². The molecule has 0 unspecified atom stereocenters. The molecule has 0 aliphatic carbocycles. The van der Waals surface area contributed by atoms with Crippen LogP contribution in [0.25, 0.3) is 0 Å². The number of hydrogen-bond acceptors (Lipinski definition) is 4. The number of methoxy groups -OCH3 is 1. The second-order valence-corrected chi connectivity index (χ2v) is 7.71. The summed E-state index contributed by atoms with van der Waals surface area (Å²) >= 11 is 0. The molecule has 1 fully saturated rings. The molecule has 1 N–H and O–H groups in total. The van der Waals surface area contributed by atoms with Crippen LogP contribution in [0.4, 0.5) is 5.69 Å². The van der Waals surface area contributed by atoms with E-state index in [0.29, 0.717) is 18.4 Å². The number of nitrogens with zero attached hydrogens (tertiary/aromatic N) is 2. The van der Waals surface area contributed by atoms with Crippen LogP contribution in [-0.2, 0) is 9.59 Å². The quantitative estimate of drug-likeness (QED) is 0.796. The van der Waals surface area contributed by atoms with Gasteiger partial charge in [-0.25, -0.2) is 0 Å². The standard InChI is InChI=1S/C21H33N3O3/c1-6-23(14-20(25)22-18-7-9-19(27-5)10-8-18)17(4)21(26)24-12-15(2)11-16(3)13-24/h7-10,15-17H,6,11-14H2,1-5H3,(H,22,25)/t15-,16+,17-/m1/s1. The van der Waals surface area contributed by atoms with Crippen LogP contribution >= 0.6 is 0 Å². The number of likely N-dealkylation sites (tertiary alicyclic amines) is 1. The third-order valence-electron chi connectivity index (χ3n) is 5.21. The van der Waals surface area contributed by atoms with Crippen molar-refractivity contribution in [1.29, 1.82) is 0 Å². The molecule has 27 heavy (non-hydrogen) atoms. The van der Waals surface area contributed by atoms with Gasteiger partial charge in [0.1, 0.15) is 5.75 Å². The molecule has 0 aromatic heterocycles. The summed E-state index contributed by atoms with van der Waals surface area (Å²) in [7, 11) is 1.61. The fourth-order valence-electron chi connectivity index (χ4n) is 3.85. The molecule has 1 aliphatic rings. The highest BCUT2D eigenvalue weighted by atomic mass is 16.5. The fourth-order valence-corrected chi connectivity index (χ4v) is 3.85. The molecule has 1 heterocycles. The van der Waals surface area contributed by atoms with Crippen LogP contribution in [0.2, 0.25) is 0 Å². The van der Waals surface area contributed by atoms with Gasteiger partial charge in [-0.2, -0.15) is 0 Å². The maximum Gasteiger partial charge on any atom is 0.239 e. The summed E-state index contributed by atoms with van der Waals surface area (Å²) in [4.78, 5) is 29.3. The van der Waals surface area contributed by atoms with Gasteiger partial charge in [0.05, 0.1) is 19.7 Å². The van der Waals surface area contributed by atoms with Gasteiger partial charge in [0.25, 0.3) is 0 Å². The largest absolute Gasteiger partial charge is 0.497 e. The lowest BCUT2D eigenvalue weighted by molar-refractivity contribution is -0.139. The highest BCUT2D eigenvalue weighted by molar-refractivity contribution is 5.93. The number of hydrogen-bond donors (Lipinski definition) is 1. The monoisotopic (exact) mass is 375 g/mol. The van der Waals surface area contributed by atoms with E-state index in [0.717, 1.165) is 24.5 Å². The number of anilines is 1. The summed E-state index contributed by atoms with van der Waals surface area (Å²) < 4.78 is 5.12. The van der Waals surface area contributed by atoms with Gasteiger partial charge >= 0.3 is 0 Å². The zero-order valence-electron chi connectivity index (χ0n) is 17.2. The lowest BCUT2D eigenvalue weighted by Crippen LogP contribution is -2.52. The van der Waals surface area contributed by atoms with Crippen LogP contribution < -0.4 is 10.1 Å². The lowest BCUT2D eigenvalue weighted by Gasteiger charge is -2.38. The number of likely N-dealkylation sites (N-methyl/N-ethyl adjacent to an activating group) is 1. The van der Waals surface area contributed by atoms with Crippen LogP contribution in [0.1, 0.15) is 34.1 Å². The van der Waals surface area contributed by atoms with Crippen LogP contribution in [0.15, 0.2) is 24.3 Å². The van der Waals surface area contributed by atoms with E-state index in [1.165, 1.54) is 6.42 Å². The summed E-state index contributed by atoms with van der Waals surface area (Å²) in [6, 6.07) is 6.90. The molecule has 0 radical (unpaired) electrons. The predicted molar refractivity (Wildman–Crippen MR) is 108 cm³/mol. The maximum atomic E-state index is 12.9. The normalized spacial score (nSPS) is 21.0. The molecule has 0 spiro atoms. The van der Waals surface area contributed by atoms with E-state index in [1.807, 2.05) is 23.6 Å². The molecule has 2 rings (SSSR count). The van der Waals surface area contributed by atoms with Crippen LogP contribution in [-0.4, -0.2) is 60.9 Å². The van der Waals surface area contributed by atoms with Crippen LogP contribution in [0.3, 0.4) is 0 Å². The Morgan fingerprint density at radius 2 is 1.81 bits per heavy atom. The minimum Gasteiger partial charge on any atom is -0.497 e. The minimum absolute atomic E-state index is 0.118. The zero-order chi connectivity index (χ0) is 20.0. The van der Waals surface area contributed by atoms with Gasteiger partial charge in [-0.3, -0.25) is 14.5 Å². The first-order chi connectivity index (χ1) is 12.8. The summed E-state index contributed by atoms with van der Waals surface area (Å²) in [5.74, 6) is 1.79. The van der Waals surface area contributed by atoms with Gasteiger partial charge in [-0.05, 0) is 56.0 Å². The van der Waals surface area contributed by atoms with Crippen molar-refractivity contribution < 1.29 is 14.3 Å². The molecule has 1 aliphatic heterocycles. The Morgan fingerprint density at radius 1 is 1.22 bits per heavy atom. The van der Waals surface area contributed by atoms with Crippen molar-refractivity contribution in [3.63, 3.8) is 0 Å². The van der Waals surface area contributed by atoms with E-state index < -0.39 is 0 Å². The van der Waals surface area contributed by atoms with Crippen molar-refractivity contribution in [2.75, 3.05) is 38.6 Å². The van der Waals surface area contributed by atoms with Gasteiger partial charge in [0.2, 0.25) is 11.8 Å². The molecule has 1 saturated heterocycles. The van der Waals surface area contributed by atoms with E-state index in [1.54, 1.807) is 31.4 Å². The Bertz CT molecular complexity index is 622. The summed E-state index contributed by atoms with van der Waals surface area (Å²) in [6.45, 7) is 10.7. The smallest absolute Gasteiger partial charge is 0.239 e. The Kier molecular flexibility index (Phi) is 7.66. The van der Waals surface area contributed by atoms with Gasteiger partial charge in [-0.15, -0.1) is 0 Å². The first-order valence-corrected chi connectivity index (χ1v) is 9.80. The minimum atomic E-state index is -0.311. The first kappa shape index (κ1) is 21.2. The van der Waals surface area contributed by atoms with E-state index in [9.17, 15) is 9.59 Å². The third-order valence-corrected chi connectivity index (χ3v) is 5.21. The molecule has 2 amide bonds. The van der Waals surface area contributed by atoms with Crippen molar-refractivity contribution >= 4 is 17.5 Å². The van der Waals surface area contributed by atoms with Crippen molar-refractivity contribution in [2.24, 2.45) is 11.8 Å².